The van der Waals surface area contributed by atoms with E-state index in [1.54, 1.807) is 24.3 Å². The van der Waals surface area contributed by atoms with E-state index in [1.165, 1.54) is 11.1 Å². The number of hydrogen-bond acceptors (Lipinski definition) is 4. The Kier molecular flexibility index (Phi) is 8.83. The number of carbonyl (C=O) groups excluding carboxylic acids is 1. The minimum atomic E-state index is -0.614. The fraction of sp³-hybridized carbons (Fsp3) is 0.296. The average molecular weight is 418 g/mol. The van der Waals surface area contributed by atoms with E-state index in [0.29, 0.717) is 24.3 Å². The second-order valence-corrected chi connectivity index (χ2v) is 7.72. The van der Waals surface area contributed by atoms with Gasteiger partial charge in [-0.15, -0.1) is 0 Å². The summed E-state index contributed by atoms with van der Waals surface area (Å²) in [5.41, 5.74) is 3.19. The first-order valence-electron chi connectivity index (χ1n) is 10.9. The van der Waals surface area contributed by atoms with Crippen molar-refractivity contribution in [1.29, 1.82) is 0 Å². The highest BCUT2D eigenvalue weighted by Gasteiger charge is 2.14. The molecule has 162 valence electrons. The molecule has 0 heterocycles. The maximum Gasteiger partial charge on any atom is 0.162 e. The van der Waals surface area contributed by atoms with Crippen LogP contribution in [0, 0.1) is 0 Å². The Morgan fingerprint density at radius 2 is 1.52 bits per heavy atom. The zero-order valence-corrected chi connectivity index (χ0v) is 18.1. The van der Waals surface area contributed by atoms with Crippen molar-refractivity contribution < 1.29 is 14.6 Å². The number of carbonyl (C=O) groups is 1. The highest BCUT2D eigenvalue weighted by Crippen LogP contribution is 2.14. The maximum atomic E-state index is 11.7. The van der Waals surface area contributed by atoms with Crippen LogP contribution in [0.1, 0.15) is 34.8 Å². The molecule has 3 rings (SSSR count). The van der Waals surface area contributed by atoms with Gasteiger partial charge in [0.25, 0.3) is 0 Å². The van der Waals surface area contributed by atoms with Crippen molar-refractivity contribution in [1.82, 2.24) is 4.90 Å². The highest BCUT2D eigenvalue weighted by atomic mass is 16.5. The molecule has 4 heteroatoms. The first-order chi connectivity index (χ1) is 15.1. The lowest BCUT2D eigenvalue weighted by atomic mass is 10.1. The summed E-state index contributed by atoms with van der Waals surface area (Å²) in [6.45, 7) is 4.20. The molecule has 1 atom stereocenters. The summed E-state index contributed by atoms with van der Waals surface area (Å²) >= 11 is 0. The van der Waals surface area contributed by atoms with Gasteiger partial charge in [-0.1, -0.05) is 67.6 Å². The number of aliphatic hydroxyl groups is 1. The number of Topliss-reactive ketones (excluding diaryl/α,β-unsaturated/α-hetero) is 1. The van der Waals surface area contributed by atoms with Crippen LogP contribution in [0.2, 0.25) is 0 Å². The minimum Gasteiger partial charge on any atom is -0.491 e. The Labute approximate surface area is 185 Å². The molecule has 0 aliphatic rings. The van der Waals surface area contributed by atoms with Crippen LogP contribution in [0.25, 0.3) is 0 Å². The molecule has 0 unspecified atom stereocenters. The van der Waals surface area contributed by atoms with Crippen LogP contribution in [0.3, 0.4) is 0 Å². The Hall–Kier alpha value is -2.95. The summed E-state index contributed by atoms with van der Waals surface area (Å²) in [5, 5.41) is 10.6. The van der Waals surface area contributed by atoms with E-state index in [-0.39, 0.29) is 12.4 Å². The largest absolute Gasteiger partial charge is 0.491 e. The van der Waals surface area contributed by atoms with Gasteiger partial charge in [-0.2, -0.15) is 0 Å². The predicted molar refractivity (Wildman–Crippen MR) is 124 cm³/mol. The number of hydrogen-bond donors (Lipinski definition) is 1. The third-order valence-corrected chi connectivity index (χ3v) is 5.22. The van der Waals surface area contributed by atoms with Gasteiger partial charge in [-0.05, 0) is 41.8 Å². The van der Waals surface area contributed by atoms with E-state index in [9.17, 15) is 9.90 Å². The third-order valence-electron chi connectivity index (χ3n) is 5.22. The molecule has 4 nitrogen and oxygen atoms in total. The molecule has 0 saturated carbocycles. The standard InChI is InChI=1S/C27H31NO3/c1-2-27(30)24-13-15-26(16-14-24)31-21-25(29)20-28(19-23-11-7-4-8-12-23)18-17-22-9-5-3-6-10-22/h3-16,25,29H,2,17-21H2,1H3/t25-/m0/s1. The number of rotatable bonds is 12. The maximum absolute atomic E-state index is 11.7. The van der Waals surface area contributed by atoms with Crippen molar-refractivity contribution in [3.8, 4) is 5.75 Å². The molecule has 3 aromatic rings. The summed E-state index contributed by atoms with van der Waals surface area (Å²) in [6.07, 6.45) is 0.796. The van der Waals surface area contributed by atoms with Crippen LogP contribution in [-0.2, 0) is 13.0 Å². The summed E-state index contributed by atoms with van der Waals surface area (Å²) in [5.74, 6) is 0.771. The smallest absolute Gasteiger partial charge is 0.162 e. The van der Waals surface area contributed by atoms with E-state index < -0.39 is 6.10 Å². The number of ketones is 1. The van der Waals surface area contributed by atoms with Crippen LogP contribution < -0.4 is 4.74 Å². The van der Waals surface area contributed by atoms with Gasteiger partial charge in [0.1, 0.15) is 18.5 Å². The van der Waals surface area contributed by atoms with Crippen molar-refractivity contribution in [3.63, 3.8) is 0 Å². The van der Waals surface area contributed by atoms with Gasteiger partial charge >= 0.3 is 0 Å². The molecule has 0 saturated heterocycles. The molecule has 1 N–H and O–H groups in total. The Bertz CT molecular complexity index is 910. The monoisotopic (exact) mass is 417 g/mol. The normalized spacial score (nSPS) is 12.0. The fourth-order valence-corrected chi connectivity index (χ4v) is 3.49. The van der Waals surface area contributed by atoms with Crippen molar-refractivity contribution in [2.24, 2.45) is 0 Å². The summed E-state index contributed by atoms with van der Waals surface area (Å²) in [6, 6.07) is 27.8. The van der Waals surface area contributed by atoms with E-state index in [0.717, 1.165) is 19.5 Å². The topological polar surface area (TPSA) is 49.8 Å². The molecular weight excluding hydrogens is 386 g/mol. The van der Waals surface area contributed by atoms with Crippen LogP contribution in [0.5, 0.6) is 5.75 Å². The Balaban J connectivity index is 1.55. The van der Waals surface area contributed by atoms with Gasteiger partial charge in [0.15, 0.2) is 5.78 Å². The van der Waals surface area contributed by atoms with E-state index in [1.807, 2.05) is 31.2 Å². The molecule has 0 bridgehead atoms. The van der Waals surface area contributed by atoms with E-state index >= 15 is 0 Å². The SMILES string of the molecule is CCC(=O)c1ccc(OC[C@@H](O)CN(CCc2ccccc2)Cc2ccccc2)cc1. The predicted octanol–water partition coefficient (Wildman–Crippen LogP) is 4.76. The Morgan fingerprint density at radius 3 is 2.13 bits per heavy atom. The summed E-state index contributed by atoms with van der Waals surface area (Å²) < 4.78 is 5.76. The first-order valence-corrected chi connectivity index (χ1v) is 10.9. The number of benzene rings is 3. The first kappa shape index (κ1) is 22.7. The average Bonchev–Trinajstić information content (AvgIpc) is 2.82. The van der Waals surface area contributed by atoms with Crippen molar-refractivity contribution >= 4 is 5.78 Å². The molecule has 31 heavy (non-hydrogen) atoms. The van der Waals surface area contributed by atoms with Gasteiger partial charge < -0.3 is 9.84 Å². The lowest BCUT2D eigenvalue weighted by Gasteiger charge is -2.25. The molecule has 0 aliphatic carbocycles. The van der Waals surface area contributed by atoms with Crippen molar-refractivity contribution in [2.75, 3.05) is 19.7 Å². The second-order valence-electron chi connectivity index (χ2n) is 7.72. The molecule has 0 amide bonds. The molecule has 0 aliphatic heterocycles. The van der Waals surface area contributed by atoms with Gasteiger partial charge in [0, 0.05) is 31.6 Å². The zero-order valence-electron chi connectivity index (χ0n) is 18.1. The lowest BCUT2D eigenvalue weighted by molar-refractivity contribution is 0.0659. The molecule has 3 aromatic carbocycles. The van der Waals surface area contributed by atoms with E-state index in [4.69, 9.17) is 4.74 Å². The van der Waals surface area contributed by atoms with Crippen LogP contribution in [-0.4, -0.2) is 41.6 Å². The van der Waals surface area contributed by atoms with Gasteiger partial charge in [-0.3, -0.25) is 9.69 Å². The van der Waals surface area contributed by atoms with Gasteiger partial charge in [0.05, 0.1) is 0 Å². The van der Waals surface area contributed by atoms with Crippen molar-refractivity contribution in [2.45, 2.75) is 32.4 Å². The molecular formula is C27H31NO3. The van der Waals surface area contributed by atoms with Crippen LogP contribution >= 0.6 is 0 Å². The number of nitrogens with zero attached hydrogens (tertiary/aromatic N) is 1. The molecule has 0 aromatic heterocycles. The van der Waals surface area contributed by atoms with Gasteiger partial charge in [-0.25, -0.2) is 0 Å². The number of aliphatic hydroxyl groups excluding tert-OH is 1. The highest BCUT2D eigenvalue weighted by molar-refractivity contribution is 5.95. The molecule has 0 spiro atoms. The minimum absolute atomic E-state index is 0.113. The lowest BCUT2D eigenvalue weighted by Crippen LogP contribution is -2.36. The fourth-order valence-electron chi connectivity index (χ4n) is 3.49. The summed E-state index contributed by atoms with van der Waals surface area (Å²) in [4.78, 5) is 14.0. The number of ether oxygens (including phenoxy) is 1. The van der Waals surface area contributed by atoms with Gasteiger partial charge in [0.2, 0.25) is 0 Å². The van der Waals surface area contributed by atoms with Crippen LogP contribution in [0.4, 0.5) is 0 Å². The molecule has 0 fully saturated rings. The molecule has 0 radical (unpaired) electrons. The Morgan fingerprint density at radius 1 is 0.903 bits per heavy atom. The second kappa shape index (κ2) is 12.0. The van der Waals surface area contributed by atoms with Crippen LogP contribution in [0.15, 0.2) is 84.9 Å². The zero-order chi connectivity index (χ0) is 21.9. The quantitative estimate of drug-likeness (QED) is 0.432. The third kappa shape index (κ3) is 7.67. The summed E-state index contributed by atoms with van der Waals surface area (Å²) in [7, 11) is 0. The van der Waals surface area contributed by atoms with Crippen molar-refractivity contribution in [3.05, 3.63) is 102 Å². The van der Waals surface area contributed by atoms with E-state index in [2.05, 4.69) is 41.3 Å².